The van der Waals surface area contributed by atoms with E-state index < -0.39 is 23.2 Å². The molecular formula is C14H11N3O6. The Morgan fingerprint density at radius 2 is 2.17 bits per heavy atom. The van der Waals surface area contributed by atoms with E-state index in [-0.39, 0.29) is 11.6 Å². The van der Waals surface area contributed by atoms with Gasteiger partial charge in [-0.25, -0.2) is 9.78 Å². The van der Waals surface area contributed by atoms with Gasteiger partial charge in [-0.1, -0.05) is 12.1 Å². The summed E-state index contributed by atoms with van der Waals surface area (Å²) in [7, 11) is 1.18. The van der Waals surface area contributed by atoms with Gasteiger partial charge in [-0.3, -0.25) is 10.1 Å². The van der Waals surface area contributed by atoms with Crippen molar-refractivity contribution in [3.63, 3.8) is 0 Å². The van der Waals surface area contributed by atoms with Gasteiger partial charge in [0.1, 0.15) is 5.69 Å². The molecule has 0 atom stereocenters. The largest absolute Gasteiger partial charge is 0.466 e. The molecule has 0 fully saturated rings. The lowest BCUT2D eigenvalue weighted by molar-refractivity contribution is -0.386. The van der Waals surface area contributed by atoms with Gasteiger partial charge in [-0.15, -0.1) is 0 Å². The van der Waals surface area contributed by atoms with Crippen molar-refractivity contribution in [2.75, 3.05) is 19.0 Å². The molecule has 0 aliphatic carbocycles. The molecule has 1 aliphatic heterocycles. The lowest BCUT2D eigenvalue weighted by Gasteiger charge is -2.21. The number of pyridine rings is 1. The molecule has 0 saturated carbocycles. The zero-order valence-electron chi connectivity index (χ0n) is 11.9. The summed E-state index contributed by atoms with van der Waals surface area (Å²) in [4.78, 5) is 25.7. The molecule has 23 heavy (non-hydrogen) atoms. The number of esters is 1. The Bertz CT molecular complexity index is 792. The fourth-order valence-electron chi connectivity index (χ4n) is 2.03. The van der Waals surface area contributed by atoms with Crippen molar-refractivity contribution in [3.05, 3.63) is 40.6 Å². The number of aromatic nitrogens is 1. The van der Waals surface area contributed by atoms with Crippen molar-refractivity contribution in [3.8, 4) is 17.4 Å². The maximum absolute atomic E-state index is 11.4. The third-order valence-corrected chi connectivity index (χ3v) is 3.08. The van der Waals surface area contributed by atoms with E-state index in [1.54, 1.807) is 24.3 Å². The maximum Gasteiger partial charge on any atom is 0.375 e. The topological polar surface area (TPSA) is 113 Å². The zero-order valence-corrected chi connectivity index (χ0v) is 11.9. The van der Waals surface area contributed by atoms with Crippen LogP contribution in [0.4, 0.5) is 17.1 Å². The van der Waals surface area contributed by atoms with Gasteiger partial charge in [0.25, 0.3) is 5.88 Å². The number of nitro groups is 1. The van der Waals surface area contributed by atoms with Gasteiger partial charge in [0.05, 0.1) is 23.9 Å². The Kier molecular flexibility index (Phi) is 3.67. The van der Waals surface area contributed by atoms with Crippen molar-refractivity contribution in [1.29, 1.82) is 0 Å². The number of methoxy groups -OCH3 is 1. The molecule has 0 amide bonds. The minimum Gasteiger partial charge on any atom is -0.466 e. The highest BCUT2D eigenvalue weighted by Crippen LogP contribution is 2.49. The highest BCUT2D eigenvalue weighted by molar-refractivity contribution is 5.80. The predicted molar refractivity (Wildman–Crippen MR) is 78.2 cm³/mol. The lowest BCUT2D eigenvalue weighted by atomic mass is 10.2. The van der Waals surface area contributed by atoms with E-state index in [9.17, 15) is 14.9 Å². The van der Waals surface area contributed by atoms with Crippen LogP contribution in [0.3, 0.4) is 0 Å². The fraction of sp³-hybridized carbons (Fsp3) is 0.143. The number of anilines is 2. The predicted octanol–water partition coefficient (Wildman–Crippen LogP) is 2.39. The monoisotopic (exact) mass is 317 g/mol. The number of nitrogens with one attached hydrogen (secondary N) is 1. The molecule has 0 spiro atoms. The first-order chi connectivity index (χ1) is 11.1. The summed E-state index contributed by atoms with van der Waals surface area (Å²) < 4.78 is 15.1. The summed E-state index contributed by atoms with van der Waals surface area (Å²) in [5, 5.41) is 14.4. The van der Waals surface area contributed by atoms with E-state index in [1.807, 2.05) is 0 Å². The van der Waals surface area contributed by atoms with Gasteiger partial charge in [0.15, 0.2) is 12.4 Å². The number of carbonyl (C=O) groups is 1. The highest BCUT2D eigenvalue weighted by atomic mass is 16.6. The van der Waals surface area contributed by atoms with Crippen LogP contribution >= 0.6 is 0 Å². The Morgan fingerprint density at radius 3 is 2.91 bits per heavy atom. The minimum absolute atomic E-state index is 0.0245. The lowest BCUT2D eigenvalue weighted by Crippen LogP contribution is -2.15. The van der Waals surface area contributed by atoms with Crippen LogP contribution < -0.4 is 14.8 Å². The van der Waals surface area contributed by atoms with Crippen LogP contribution in [0.15, 0.2) is 30.5 Å². The smallest absolute Gasteiger partial charge is 0.375 e. The number of nitrogens with zero attached hydrogens (tertiary/aromatic N) is 2. The fourth-order valence-corrected chi connectivity index (χ4v) is 2.03. The van der Waals surface area contributed by atoms with Gasteiger partial charge in [-0.05, 0) is 12.1 Å². The molecule has 1 aromatic carbocycles. The molecular weight excluding hydrogens is 306 g/mol. The van der Waals surface area contributed by atoms with Crippen molar-refractivity contribution >= 4 is 23.0 Å². The molecule has 1 aromatic heterocycles. The molecule has 118 valence electrons. The Labute approximate surface area is 130 Å². The van der Waals surface area contributed by atoms with Crippen molar-refractivity contribution in [1.82, 2.24) is 4.98 Å². The third-order valence-electron chi connectivity index (χ3n) is 3.08. The van der Waals surface area contributed by atoms with Crippen LogP contribution in [0, 0.1) is 10.1 Å². The summed E-state index contributed by atoms with van der Waals surface area (Å²) in [5.74, 6) is -0.583. The summed E-state index contributed by atoms with van der Waals surface area (Å²) >= 11 is 0. The molecule has 2 aromatic rings. The van der Waals surface area contributed by atoms with E-state index in [1.165, 1.54) is 13.3 Å². The number of ether oxygens (including phenoxy) is 3. The molecule has 0 bridgehead atoms. The average Bonchev–Trinajstić information content (AvgIpc) is 2.56. The second-order valence-corrected chi connectivity index (χ2v) is 4.50. The van der Waals surface area contributed by atoms with Crippen molar-refractivity contribution in [2.45, 2.75) is 0 Å². The molecule has 9 nitrogen and oxygen atoms in total. The van der Waals surface area contributed by atoms with Crippen molar-refractivity contribution in [2.24, 2.45) is 0 Å². The molecule has 0 saturated heterocycles. The quantitative estimate of drug-likeness (QED) is 0.443. The first kappa shape index (κ1) is 14.6. The number of para-hydroxylation sites is 2. The number of rotatable bonds is 4. The van der Waals surface area contributed by atoms with E-state index >= 15 is 0 Å². The number of fused-ring (bicyclic) bond motifs is 2. The number of carbonyl (C=O) groups excluding carboxylic acids is 1. The Balaban J connectivity index is 2.00. The normalized spacial score (nSPS) is 11.3. The second-order valence-electron chi connectivity index (χ2n) is 4.50. The van der Waals surface area contributed by atoms with Gasteiger partial charge < -0.3 is 19.5 Å². The molecule has 3 rings (SSSR count). The molecule has 0 unspecified atom stereocenters. The van der Waals surface area contributed by atoms with Gasteiger partial charge in [0, 0.05) is 0 Å². The molecule has 0 radical (unpaired) electrons. The highest BCUT2D eigenvalue weighted by Gasteiger charge is 2.32. The van der Waals surface area contributed by atoms with Crippen LogP contribution in [0.2, 0.25) is 0 Å². The van der Waals surface area contributed by atoms with E-state index in [0.29, 0.717) is 17.1 Å². The second kappa shape index (κ2) is 5.79. The maximum atomic E-state index is 11.4. The summed E-state index contributed by atoms with van der Waals surface area (Å²) in [6, 6.07) is 6.99. The Hall–Kier alpha value is -3.36. The van der Waals surface area contributed by atoms with E-state index in [4.69, 9.17) is 9.47 Å². The standard InChI is InChI=1S/C14H11N3O6/c1-21-11(18)7-22-14-12(17(19)20)13-9(6-15-14)16-8-4-2-3-5-10(8)23-13/h2-6,16H,7H2,1H3. The summed E-state index contributed by atoms with van der Waals surface area (Å²) in [5.41, 5.74) is 0.536. The first-order valence-corrected chi connectivity index (χ1v) is 6.51. The molecule has 9 heteroatoms. The molecule has 1 aliphatic rings. The number of hydrogen-bond donors (Lipinski definition) is 1. The zero-order chi connectivity index (χ0) is 16.4. The van der Waals surface area contributed by atoms with Crippen LogP contribution in [0.1, 0.15) is 0 Å². The first-order valence-electron chi connectivity index (χ1n) is 6.51. The van der Waals surface area contributed by atoms with Crippen LogP contribution in [0.25, 0.3) is 0 Å². The summed E-state index contributed by atoms with van der Waals surface area (Å²) in [6.07, 6.45) is 1.34. The number of hydrogen-bond acceptors (Lipinski definition) is 8. The average molecular weight is 317 g/mol. The van der Waals surface area contributed by atoms with Crippen LogP contribution in [0.5, 0.6) is 17.4 Å². The minimum atomic E-state index is -0.678. The van der Waals surface area contributed by atoms with Crippen LogP contribution in [-0.4, -0.2) is 29.6 Å². The van der Waals surface area contributed by atoms with Gasteiger partial charge >= 0.3 is 11.7 Å². The third kappa shape index (κ3) is 2.71. The summed E-state index contributed by atoms with van der Waals surface area (Å²) in [6.45, 7) is -0.493. The van der Waals surface area contributed by atoms with E-state index in [0.717, 1.165) is 0 Å². The Morgan fingerprint density at radius 1 is 1.39 bits per heavy atom. The molecule has 1 N–H and O–H groups in total. The van der Waals surface area contributed by atoms with Gasteiger partial charge in [0.2, 0.25) is 5.75 Å². The van der Waals surface area contributed by atoms with Crippen molar-refractivity contribution < 1.29 is 23.9 Å². The SMILES string of the molecule is COC(=O)COc1ncc2c(c1[N+](=O)[O-])Oc1ccccc1N2. The molecule has 2 heterocycles. The van der Waals surface area contributed by atoms with Gasteiger partial charge in [-0.2, -0.15) is 0 Å². The number of benzene rings is 1. The van der Waals surface area contributed by atoms with Crippen LogP contribution in [-0.2, 0) is 9.53 Å². The van der Waals surface area contributed by atoms with E-state index in [2.05, 4.69) is 15.0 Å².